The monoisotopic (exact) mass is 476 g/mol. The normalized spacial score (nSPS) is 16.2. The largest absolute Gasteiger partial charge is 0.573 e. The highest BCUT2D eigenvalue weighted by atomic mass is 19.4. The maximum Gasteiger partial charge on any atom is 0.573 e. The fourth-order valence-corrected chi connectivity index (χ4v) is 3.75. The maximum absolute atomic E-state index is 13.6. The van der Waals surface area contributed by atoms with E-state index in [0.29, 0.717) is 37.4 Å². The first kappa shape index (κ1) is 23.3. The molecule has 1 aliphatic heterocycles. The van der Waals surface area contributed by atoms with Crippen LogP contribution in [0.25, 0.3) is 5.69 Å². The van der Waals surface area contributed by atoms with E-state index in [-0.39, 0.29) is 17.3 Å². The summed E-state index contributed by atoms with van der Waals surface area (Å²) < 4.78 is 55.4. The number of halogens is 4. The molecule has 3 aromatic rings. The summed E-state index contributed by atoms with van der Waals surface area (Å²) >= 11 is 0. The summed E-state index contributed by atoms with van der Waals surface area (Å²) in [6.07, 6.45) is -3.49. The van der Waals surface area contributed by atoms with Gasteiger partial charge < -0.3 is 15.0 Å². The number of piperidine rings is 1. The van der Waals surface area contributed by atoms with Gasteiger partial charge in [-0.1, -0.05) is 6.07 Å². The zero-order valence-electron chi connectivity index (χ0n) is 17.8. The van der Waals surface area contributed by atoms with Crippen molar-refractivity contribution in [1.82, 2.24) is 9.78 Å². The van der Waals surface area contributed by atoms with Crippen LogP contribution in [0.2, 0.25) is 0 Å². The summed E-state index contributed by atoms with van der Waals surface area (Å²) in [6.45, 7) is 0.942. The van der Waals surface area contributed by atoms with Crippen molar-refractivity contribution in [3.05, 3.63) is 76.8 Å². The van der Waals surface area contributed by atoms with Crippen molar-refractivity contribution in [2.75, 3.05) is 23.3 Å². The van der Waals surface area contributed by atoms with Gasteiger partial charge in [-0.15, -0.1) is 18.3 Å². The lowest BCUT2D eigenvalue weighted by molar-refractivity contribution is -0.274. The third kappa shape index (κ3) is 5.72. The minimum Gasteiger partial charge on any atom is -0.406 e. The van der Waals surface area contributed by atoms with E-state index in [9.17, 15) is 27.2 Å². The van der Waals surface area contributed by atoms with Crippen LogP contribution in [-0.2, 0) is 4.79 Å². The zero-order chi connectivity index (χ0) is 24.3. The van der Waals surface area contributed by atoms with Gasteiger partial charge in [0.15, 0.2) is 0 Å². The van der Waals surface area contributed by atoms with E-state index in [1.165, 1.54) is 36.4 Å². The number of nitrogens with one attached hydrogen (secondary N) is 1. The van der Waals surface area contributed by atoms with E-state index in [4.69, 9.17) is 0 Å². The van der Waals surface area contributed by atoms with Crippen molar-refractivity contribution < 1.29 is 27.1 Å². The lowest BCUT2D eigenvalue weighted by Crippen LogP contribution is -2.41. The Morgan fingerprint density at radius 3 is 2.56 bits per heavy atom. The van der Waals surface area contributed by atoms with E-state index in [0.717, 1.165) is 16.8 Å². The van der Waals surface area contributed by atoms with Crippen LogP contribution in [-0.4, -0.2) is 35.1 Å². The number of amides is 1. The molecule has 0 saturated carbocycles. The topological polar surface area (TPSA) is 76.5 Å². The van der Waals surface area contributed by atoms with Crippen LogP contribution in [0.5, 0.6) is 5.75 Å². The van der Waals surface area contributed by atoms with Crippen molar-refractivity contribution in [2.24, 2.45) is 5.92 Å². The predicted molar refractivity (Wildman–Crippen MR) is 116 cm³/mol. The highest BCUT2D eigenvalue weighted by molar-refractivity contribution is 5.93. The molecule has 178 valence electrons. The first-order valence-corrected chi connectivity index (χ1v) is 10.5. The molecule has 1 N–H and O–H groups in total. The number of hydrogen-bond acceptors (Lipinski definition) is 5. The fourth-order valence-electron chi connectivity index (χ4n) is 3.75. The SMILES string of the molecule is O=C(Nc1ccc(OC(F)(F)F)cc1)[C@H]1CCCN(c2ccc(=O)n(-c3cccc(F)c3)n2)C1. The molecule has 0 spiro atoms. The lowest BCUT2D eigenvalue weighted by Gasteiger charge is -2.32. The van der Waals surface area contributed by atoms with Gasteiger partial charge in [-0.2, -0.15) is 4.68 Å². The van der Waals surface area contributed by atoms with Crippen molar-refractivity contribution in [3.63, 3.8) is 0 Å². The maximum atomic E-state index is 13.6. The Balaban J connectivity index is 1.45. The lowest BCUT2D eigenvalue weighted by atomic mass is 9.97. The Bertz CT molecular complexity index is 1230. The molecule has 0 aliphatic carbocycles. The van der Waals surface area contributed by atoms with E-state index in [1.54, 1.807) is 12.1 Å². The summed E-state index contributed by atoms with van der Waals surface area (Å²) in [5, 5.41) is 7.06. The van der Waals surface area contributed by atoms with Gasteiger partial charge in [-0.25, -0.2) is 4.39 Å². The predicted octanol–water partition coefficient (Wildman–Crippen LogP) is 4.13. The number of rotatable bonds is 5. The number of aromatic nitrogens is 2. The number of nitrogens with zero attached hydrogens (tertiary/aromatic N) is 3. The summed E-state index contributed by atoms with van der Waals surface area (Å²) in [4.78, 5) is 26.9. The minimum atomic E-state index is -4.79. The van der Waals surface area contributed by atoms with Gasteiger partial charge in [0.25, 0.3) is 5.56 Å². The quantitative estimate of drug-likeness (QED) is 0.561. The molecule has 1 atom stereocenters. The second-order valence-corrected chi connectivity index (χ2v) is 7.77. The number of carbonyl (C=O) groups excluding carboxylic acids is 1. The van der Waals surface area contributed by atoms with Crippen LogP contribution in [0.15, 0.2) is 65.5 Å². The van der Waals surface area contributed by atoms with Crippen molar-refractivity contribution >= 4 is 17.4 Å². The van der Waals surface area contributed by atoms with Crippen molar-refractivity contribution in [3.8, 4) is 11.4 Å². The van der Waals surface area contributed by atoms with Gasteiger partial charge in [-0.3, -0.25) is 9.59 Å². The third-order valence-corrected chi connectivity index (χ3v) is 5.31. The van der Waals surface area contributed by atoms with Crippen LogP contribution >= 0.6 is 0 Å². The Labute approximate surface area is 191 Å². The number of hydrogen-bond donors (Lipinski definition) is 1. The summed E-state index contributed by atoms with van der Waals surface area (Å²) in [7, 11) is 0. The van der Waals surface area contributed by atoms with E-state index >= 15 is 0 Å². The third-order valence-electron chi connectivity index (χ3n) is 5.31. The van der Waals surface area contributed by atoms with Gasteiger partial charge in [0.1, 0.15) is 17.4 Å². The highest BCUT2D eigenvalue weighted by Gasteiger charge is 2.31. The molecule has 4 rings (SSSR count). The molecule has 1 fully saturated rings. The van der Waals surface area contributed by atoms with Crippen LogP contribution in [0.4, 0.5) is 29.1 Å². The van der Waals surface area contributed by atoms with E-state index in [2.05, 4.69) is 15.2 Å². The second kappa shape index (κ2) is 9.54. The molecule has 34 heavy (non-hydrogen) atoms. The standard InChI is InChI=1S/C23H20F4N4O3/c24-16-4-1-5-18(13-16)31-21(32)11-10-20(29-31)30-12-2-3-15(14-30)22(33)28-17-6-8-19(9-7-17)34-23(25,26)27/h1,4-11,13,15H,2-3,12,14H2,(H,28,33)/t15-/m0/s1. The first-order chi connectivity index (χ1) is 16.2. The molecule has 1 aromatic heterocycles. The van der Waals surface area contributed by atoms with Crippen molar-refractivity contribution in [2.45, 2.75) is 19.2 Å². The highest BCUT2D eigenvalue weighted by Crippen LogP contribution is 2.26. The average molecular weight is 476 g/mol. The first-order valence-electron chi connectivity index (χ1n) is 10.5. The van der Waals surface area contributed by atoms with Gasteiger partial charge in [-0.05, 0) is 61.4 Å². The van der Waals surface area contributed by atoms with Crippen molar-refractivity contribution in [1.29, 1.82) is 0 Å². The summed E-state index contributed by atoms with van der Waals surface area (Å²) in [5.41, 5.74) is 0.212. The fraction of sp³-hybridized carbons (Fsp3) is 0.261. The van der Waals surface area contributed by atoms with Gasteiger partial charge in [0.05, 0.1) is 11.6 Å². The van der Waals surface area contributed by atoms with E-state index < -0.39 is 23.7 Å². The molecule has 0 unspecified atom stereocenters. The van der Waals surface area contributed by atoms with Gasteiger partial charge in [0, 0.05) is 24.8 Å². The molecule has 1 amide bonds. The average Bonchev–Trinajstić information content (AvgIpc) is 2.80. The minimum absolute atomic E-state index is 0.285. The Morgan fingerprint density at radius 2 is 1.85 bits per heavy atom. The number of benzene rings is 2. The number of carbonyl (C=O) groups is 1. The zero-order valence-corrected chi connectivity index (χ0v) is 17.8. The van der Waals surface area contributed by atoms with Gasteiger partial charge in [0.2, 0.25) is 5.91 Å². The van der Waals surface area contributed by atoms with Crippen LogP contribution in [0.1, 0.15) is 12.8 Å². The van der Waals surface area contributed by atoms with E-state index in [1.807, 2.05) is 4.90 Å². The number of anilines is 2. The van der Waals surface area contributed by atoms with Crippen LogP contribution < -0.4 is 20.5 Å². The smallest absolute Gasteiger partial charge is 0.406 e. The molecule has 1 aliphatic rings. The molecule has 0 bridgehead atoms. The number of alkyl halides is 3. The van der Waals surface area contributed by atoms with Crippen LogP contribution in [0, 0.1) is 11.7 Å². The molecular weight excluding hydrogens is 456 g/mol. The molecule has 2 heterocycles. The molecule has 0 radical (unpaired) electrons. The molecule has 1 saturated heterocycles. The van der Waals surface area contributed by atoms with Gasteiger partial charge >= 0.3 is 6.36 Å². The molecular formula is C23H20F4N4O3. The van der Waals surface area contributed by atoms with Crippen LogP contribution in [0.3, 0.4) is 0 Å². The Morgan fingerprint density at radius 1 is 1.09 bits per heavy atom. The Kier molecular flexibility index (Phi) is 6.53. The molecule has 11 heteroatoms. The molecule has 2 aromatic carbocycles. The second-order valence-electron chi connectivity index (χ2n) is 7.77. The molecule has 7 nitrogen and oxygen atoms in total. The summed E-state index contributed by atoms with van der Waals surface area (Å²) in [6, 6.07) is 13.3. The summed E-state index contributed by atoms with van der Waals surface area (Å²) in [5.74, 6) is -1.10. The number of ether oxygens (including phenoxy) is 1. The Hall–Kier alpha value is -3.89.